The van der Waals surface area contributed by atoms with Gasteiger partial charge in [0.15, 0.2) is 0 Å². The van der Waals surface area contributed by atoms with Gasteiger partial charge in [-0.05, 0) is 19.3 Å². The van der Waals surface area contributed by atoms with Crippen molar-refractivity contribution in [1.82, 2.24) is 9.03 Å². The van der Waals surface area contributed by atoms with E-state index in [1.54, 1.807) is 7.05 Å². The molecule has 1 aliphatic carbocycles. The van der Waals surface area contributed by atoms with Gasteiger partial charge in [0, 0.05) is 26.1 Å². The van der Waals surface area contributed by atoms with Crippen LogP contribution in [0.5, 0.6) is 0 Å². The van der Waals surface area contributed by atoms with E-state index in [4.69, 9.17) is 5.11 Å². The molecule has 0 radical (unpaired) electrons. The van der Waals surface area contributed by atoms with Crippen LogP contribution in [0, 0.1) is 0 Å². The third kappa shape index (κ3) is 4.91. The molecule has 1 saturated carbocycles. The molecule has 0 atom stereocenters. The number of rotatable bonds is 7. The summed E-state index contributed by atoms with van der Waals surface area (Å²) in [5, 5.41) is 8.47. The summed E-state index contributed by atoms with van der Waals surface area (Å²) in [5.41, 5.74) is 0. The molecule has 0 bridgehead atoms. The van der Waals surface area contributed by atoms with Gasteiger partial charge in [0.2, 0.25) is 0 Å². The molecule has 1 rings (SSSR count). The molecule has 6 nitrogen and oxygen atoms in total. The summed E-state index contributed by atoms with van der Waals surface area (Å²) in [6.45, 7) is 0.172. The zero-order chi connectivity index (χ0) is 13.6. The van der Waals surface area contributed by atoms with Gasteiger partial charge in [-0.2, -0.15) is 12.7 Å². The van der Waals surface area contributed by atoms with Gasteiger partial charge in [-0.3, -0.25) is 4.79 Å². The molecule has 0 aliphatic heterocycles. The Kier molecular flexibility index (Phi) is 6.04. The highest BCUT2D eigenvalue weighted by Crippen LogP contribution is 2.22. The van der Waals surface area contributed by atoms with Gasteiger partial charge in [0.1, 0.15) is 0 Å². The Morgan fingerprint density at radius 1 is 1.33 bits per heavy atom. The van der Waals surface area contributed by atoms with Crippen LogP contribution in [0.15, 0.2) is 0 Å². The number of aliphatic carboxylic acids is 1. The number of hydrogen-bond acceptors (Lipinski definition) is 3. The summed E-state index contributed by atoms with van der Waals surface area (Å²) >= 11 is 0. The van der Waals surface area contributed by atoms with Crippen molar-refractivity contribution in [2.45, 2.75) is 51.0 Å². The maximum absolute atomic E-state index is 11.9. The van der Waals surface area contributed by atoms with E-state index in [-0.39, 0.29) is 19.0 Å². The van der Waals surface area contributed by atoms with E-state index in [2.05, 4.69) is 4.72 Å². The fourth-order valence-electron chi connectivity index (χ4n) is 2.18. The highest BCUT2D eigenvalue weighted by molar-refractivity contribution is 7.87. The van der Waals surface area contributed by atoms with E-state index >= 15 is 0 Å². The van der Waals surface area contributed by atoms with Gasteiger partial charge in [-0.25, -0.2) is 4.72 Å². The number of carboxylic acid groups (broad SMARTS) is 1. The van der Waals surface area contributed by atoms with Crippen LogP contribution in [0.25, 0.3) is 0 Å². The average Bonchev–Trinajstić information content (AvgIpc) is 2.34. The van der Waals surface area contributed by atoms with Gasteiger partial charge in [-0.15, -0.1) is 0 Å². The van der Waals surface area contributed by atoms with Crippen LogP contribution in [0.1, 0.15) is 44.9 Å². The maximum atomic E-state index is 11.9. The first-order valence-corrected chi connectivity index (χ1v) is 7.82. The summed E-state index contributed by atoms with van der Waals surface area (Å²) < 4.78 is 27.7. The van der Waals surface area contributed by atoms with Crippen molar-refractivity contribution in [1.29, 1.82) is 0 Å². The van der Waals surface area contributed by atoms with Gasteiger partial charge >= 0.3 is 5.97 Å². The molecule has 0 amide bonds. The lowest BCUT2D eigenvalue weighted by Crippen LogP contribution is -2.45. The molecule has 2 N–H and O–H groups in total. The third-order valence-electron chi connectivity index (χ3n) is 3.32. The Morgan fingerprint density at radius 2 is 1.94 bits per heavy atom. The van der Waals surface area contributed by atoms with E-state index in [0.717, 1.165) is 25.7 Å². The Balaban J connectivity index is 2.39. The Labute approximate surface area is 109 Å². The molecule has 18 heavy (non-hydrogen) atoms. The van der Waals surface area contributed by atoms with E-state index in [0.29, 0.717) is 6.42 Å². The van der Waals surface area contributed by atoms with Crippen LogP contribution < -0.4 is 4.72 Å². The SMILES string of the molecule is CN(C1CCCCC1)S(=O)(=O)NCCCC(=O)O. The van der Waals surface area contributed by atoms with Crippen molar-refractivity contribution in [3.63, 3.8) is 0 Å². The Bertz CT molecular complexity index is 363. The minimum absolute atomic E-state index is 0.0182. The molecule has 0 saturated heterocycles. The molecule has 0 aromatic rings. The molecule has 0 aromatic carbocycles. The molecular formula is C11H22N2O4S. The van der Waals surface area contributed by atoms with Crippen molar-refractivity contribution in [2.24, 2.45) is 0 Å². The lowest BCUT2D eigenvalue weighted by Gasteiger charge is -2.30. The van der Waals surface area contributed by atoms with Crippen molar-refractivity contribution >= 4 is 16.2 Å². The van der Waals surface area contributed by atoms with Crippen molar-refractivity contribution < 1.29 is 18.3 Å². The minimum atomic E-state index is -3.47. The molecular weight excluding hydrogens is 256 g/mol. The van der Waals surface area contributed by atoms with Gasteiger partial charge in [-0.1, -0.05) is 19.3 Å². The zero-order valence-corrected chi connectivity index (χ0v) is 11.6. The number of nitrogens with zero attached hydrogens (tertiary/aromatic N) is 1. The first-order chi connectivity index (χ1) is 8.43. The second-order valence-corrected chi connectivity index (χ2v) is 6.52. The highest BCUT2D eigenvalue weighted by atomic mass is 32.2. The monoisotopic (exact) mass is 278 g/mol. The predicted molar refractivity (Wildman–Crippen MR) is 68.4 cm³/mol. The van der Waals surface area contributed by atoms with Crippen LogP contribution in [-0.4, -0.2) is 43.4 Å². The summed E-state index contributed by atoms with van der Waals surface area (Å²) in [7, 11) is -1.87. The molecule has 1 aliphatic rings. The predicted octanol–water partition coefficient (Wildman–Crippen LogP) is 0.950. The van der Waals surface area contributed by atoms with Crippen molar-refractivity contribution in [3.8, 4) is 0 Å². The largest absolute Gasteiger partial charge is 0.481 e. The van der Waals surface area contributed by atoms with Gasteiger partial charge < -0.3 is 5.11 Å². The van der Waals surface area contributed by atoms with Crippen molar-refractivity contribution in [3.05, 3.63) is 0 Å². The molecule has 0 spiro atoms. The average molecular weight is 278 g/mol. The fraction of sp³-hybridized carbons (Fsp3) is 0.909. The fourth-order valence-corrected chi connectivity index (χ4v) is 3.39. The first kappa shape index (κ1) is 15.4. The number of nitrogens with one attached hydrogen (secondary N) is 1. The first-order valence-electron chi connectivity index (χ1n) is 6.38. The van der Waals surface area contributed by atoms with Gasteiger partial charge in [0.25, 0.3) is 10.2 Å². The zero-order valence-electron chi connectivity index (χ0n) is 10.8. The second-order valence-electron chi connectivity index (χ2n) is 4.70. The topological polar surface area (TPSA) is 86.7 Å². The Morgan fingerprint density at radius 3 is 2.50 bits per heavy atom. The summed E-state index contributed by atoms with van der Waals surface area (Å²) in [6, 6.07) is 0.0794. The summed E-state index contributed by atoms with van der Waals surface area (Å²) in [5.74, 6) is -0.908. The van der Waals surface area contributed by atoms with E-state index in [9.17, 15) is 13.2 Å². The van der Waals surface area contributed by atoms with Crippen LogP contribution in [0.3, 0.4) is 0 Å². The lowest BCUT2D eigenvalue weighted by molar-refractivity contribution is -0.137. The van der Waals surface area contributed by atoms with E-state index < -0.39 is 16.2 Å². The van der Waals surface area contributed by atoms with Crippen molar-refractivity contribution in [2.75, 3.05) is 13.6 Å². The molecule has 0 heterocycles. The number of carboxylic acids is 1. The van der Waals surface area contributed by atoms with Gasteiger partial charge in [0.05, 0.1) is 0 Å². The molecule has 106 valence electrons. The quantitative estimate of drug-likeness (QED) is 0.679. The molecule has 0 aromatic heterocycles. The molecule has 7 heteroatoms. The lowest BCUT2D eigenvalue weighted by atomic mass is 9.96. The van der Waals surface area contributed by atoms with Crippen LogP contribution in [-0.2, 0) is 15.0 Å². The van der Waals surface area contributed by atoms with Crippen LogP contribution in [0.2, 0.25) is 0 Å². The number of carbonyl (C=O) groups is 1. The highest BCUT2D eigenvalue weighted by Gasteiger charge is 2.26. The van der Waals surface area contributed by atoms with E-state index in [1.165, 1.54) is 10.7 Å². The van der Waals surface area contributed by atoms with E-state index in [1.807, 2.05) is 0 Å². The number of hydrogen-bond donors (Lipinski definition) is 2. The standard InChI is InChI=1S/C11H22N2O4S/c1-13(10-6-3-2-4-7-10)18(16,17)12-9-5-8-11(14)15/h10,12H,2-9H2,1H3,(H,14,15). The Hall–Kier alpha value is -0.660. The summed E-state index contributed by atoms with van der Waals surface area (Å²) in [4.78, 5) is 10.3. The molecule has 1 fully saturated rings. The smallest absolute Gasteiger partial charge is 0.303 e. The summed E-state index contributed by atoms with van der Waals surface area (Å²) in [6.07, 6.45) is 5.44. The normalized spacial score (nSPS) is 18.1. The second kappa shape index (κ2) is 7.06. The van der Waals surface area contributed by atoms with Crippen LogP contribution >= 0.6 is 0 Å². The van der Waals surface area contributed by atoms with Crippen LogP contribution in [0.4, 0.5) is 0 Å². The minimum Gasteiger partial charge on any atom is -0.481 e. The third-order valence-corrected chi connectivity index (χ3v) is 4.95. The maximum Gasteiger partial charge on any atom is 0.303 e. The molecule has 0 unspecified atom stereocenters.